The number of hydrogen-bond acceptors (Lipinski definition) is 3. The summed E-state index contributed by atoms with van der Waals surface area (Å²) in [6, 6.07) is 7.78. The number of aliphatic hydroxyl groups excluding tert-OH is 1. The van der Waals surface area contributed by atoms with Gasteiger partial charge in [0.25, 0.3) is 0 Å². The third kappa shape index (κ3) is 2.26. The molecule has 0 radical (unpaired) electrons. The summed E-state index contributed by atoms with van der Waals surface area (Å²) in [7, 11) is 0. The highest BCUT2D eigenvalue weighted by atomic mass is 19.1. The van der Waals surface area contributed by atoms with Crippen molar-refractivity contribution in [3.05, 3.63) is 59.0 Å². The van der Waals surface area contributed by atoms with E-state index in [2.05, 4.69) is 4.98 Å². The molecule has 0 saturated carbocycles. The summed E-state index contributed by atoms with van der Waals surface area (Å²) in [5.41, 5.74) is 7.18. The molecule has 0 fully saturated rings. The fraction of sp³-hybridized carbons (Fsp3) is 0.154. The lowest BCUT2D eigenvalue weighted by Gasteiger charge is -2.14. The average Bonchev–Trinajstić information content (AvgIpc) is 2.32. The molecule has 3 nitrogen and oxygen atoms in total. The van der Waals surface area contributed by atoms with Crippen LogP contribution in [0.2, 0.25) is 0 Å². The number of aryl methyl sites for hydroxylation is 1. The molecule has 1 aromatic heterocycles. The molecular formula is C13H13FN2O. The van der Waals surface area contributed by atoms with E-state index in [4.69, 9.17) is 5.73 Å². The van der Waals surface area contributed by atoms with Crippen LogP contribution < -0.4 is 5.73 Å². The molecule has 0 bridgehead atoms. The van der Waals surface area contributed by atoms with Crippen LogP contribution in [0.5, 0.6) is 0 Å². The Morgan fingerprint density at radius 1 is 1.29 bits per heavy atom. The molecular weight excluding hydrogens is 219 g/mol. The van der Waals surface area contributed by atoms with Gasteiger partial charge in [0.05, 0.1) is 0 Å². The Balaban J connectivity index is 2.47. The van der Waals surface area contributed by atoms with Crippen LogP contribution in [0.25, 0.3) is 0 Å². The zero-order valence-corrected chi connectivity index (χ0v) is 9.39. The fourth-order valence-corrected chi connectivity index (χ4v) is 1.69. The standard InChI is InChI=1S/C13H13FN2O/c1-8-6-10(13(15)16-7-8)12(17)9-4-2-3-5-11(9)14/h2-7,12,17H,1H3,(H2,15,16). The van der Waals surface area contributed by atoms with Crippen molar-refractivity contribution in [2.75, 3.05) is 5.73 Å². The van der Waals surface area contributed by atoms with E-state index in [0.717, 1.165) is 5.56 Å². The number of aromatic nitrogens is 1. The van der Waals surface area contributed by atoms with Crippen molar-refractivity contribution in [2.45, 2.75) is 13.0 Å². The Labute approximate surface area is 98.7 Å². The molecule has 0 aliphatic carbocycles. The van der Waals surface area contributed by atoms with E-state index >= 15 is 0 Å². The number of nitrogens with zero attached hydrogens (tertiary/aromatic N) is 1. The van der Waals surface area contributed by atoms with Crippen LogP contribution in [0.3, 0.4) is 0 Å². The van der Waals surface area contributed by atoms with Gasteiger partial charge in [-0.2, -0.15) is 0 Å². The molecule has 0 saturated heterocycles. The highest BCUT2D eigenvalue weighted by Crippen LogP contribution is 2.27. The Kier molecular flexibility index (Phi) is 3.06. The van der Waals surface area contributed by atoms with E-state index in [1.807, 2.05) is 6.92 Å². The first-order valence-electron chi connectivity index (χ1n) is 5.24. The summed E-state index contributed by atoms with van der Waals surface area (Å²) < 4.78 is 13.5. The first-order valence-corrected chi connectivity index (χ1v) is 5.24. The lowest BCUT2D eigenvalue weighted by atomic mass is 10.0. The van der Waals surface area contributed by atoms with E-state index in [0.29, 0.717) is 5.56 Å². The summed E-state index contributed by atoms with van der Waals surface area (Å²) in [6.45, 7) is 1.84. The number of halogens is 1. The topological polar surface area (TPSA) is 59.1 Å². The Hall–Kier alpha value is -1.94. The number of nitrogen functional groups attached to an aromatic ring is 1. The maximum Gasteiger partial charge on any atom is 0.129 e. The van der Waals surface area contributed by atoms with E-state index in [-0.39, 0.29) is 11.4 Å². The summed E-state index contributed by atoms with van der Waals surface area (Å²) in [4.78, 5) is 3.95. The van der Waals surface area contributed by atoms with Gasteiger partial charge in [0.1, 0.15) is 17.7 Å². The van der Waals surface area contributed by atoms with Crippen LogP contribution in [0.15, 0.2) is 36.5 Å². The maximum absolute atomic E-state index is 13.5. The minimum Gasteiger partial charge on any atom is -0.383 e. The van der Waals surface area contributed by atoms with E-state index < -0.39 is 11.9 Å². The normalized spacial score (nSPS) is 12.4. The van der Waals surface area contributed by atoms with Crippen molar-refractivity contribution in [3.8, 4) is 0 Å². The van der Waals surface area contributed by atoms with Crippen LogP contribution in [-0.2, 0) is 0 Å². The molecule has 2 rings (SSSR count). The van der Waals surface area contributed by atoms with Gasteiger partial charge in [-0.05, 0) is 24.6 Å². The highest BCUT2D eigenvalue weighted by molar-refractivity contribution is 5.46. The van der Waals surface area contributed by atoms with Crippen molar-refractivity contribution in [2.24, 2.45) is 0 Å². The predicted octanol–water partition coefficient (Wildman–Crippen LogP) is 2.19. The van der Waals surface area contributed by atoms with Crippen molar-refractivity contribution < 1.29 is 9.50 Å². The molecule has 1 heterocycles. The van der Waals surface area contributed by atoms with Gasteiger partial charge in [-0.1, -0.05) is 18.2 Å². The van der Waals surface area contributed by atoms with Gasteiger partial charge in [-0.3, -0.25) is 0 Å². The monoisotopic (exact) mass is 232 g/mol. The third-order valence-electron chi connectivity index (χ3n) is 2.58. The second-order valence-corrected chi connectivity index (χ2v) is 3.91. The van der Waals surface area contributed by atoms with Crippen molar-refractivity contribution in [1.82, 2.24) is 4.98 Å². The molecule has 88 valence electrons. The molecule has 0 spiro atoms. The largest absolute Gasteiger partial charge is 0.383 e. The van der Waals surface area contributed by atoms with E-state index in [1.165, 1.54) is 12.1 Å². The lowest BCUT2D eigenvalue weighted by molar-refractivity contribution is 0.215. The SMILES string of the molecule is Cc1cnc(N)c(C(O)c2ccccc2F)c1. The van der Waals surface area contributed by atoms with Crippen LogP contribution in [0.1, 0.15) is 22.8 Å². The van der Waals surface area contributed by atoms with Gasteiger partial charge >= 0.3 is 0 Å². The molecule has 3 N–H and O–H groups in total. The van der Waals surface area contributed by atoms with E-state index in [9.17, 15) is 9.50 Å². The van der Waals surface area contributed by atoms with E-state index in [1.54, 1.807) is 24.4 Å². The third-order valence-corrected chi connectivity index (χ3v) is 2.58. The number of hydrogen-bond donors (Lipinski definition) is 2. The molecule has 0 aliphatic rings. The maximum atomic E-state index is 13.5. The number of benzene rings is 1. The molecule has 1 unspecified atom stereocenters. The minimum atomic E-state index is -1.09. The molecule has 1 atom stereocenters. The first-order chi connectivity index (χ1) is 8.09. The molecule has 1 aromatic carbocycles. The molecule has 17 heavy (non-hydrogen) atoms. The van der Waals surface area contributed by atoms with Crippen molar-refractivity contribution in [1.29, 1.82) is 0 Å². The molecule has 4 heteroatoms. The Morgan fingerprint density at radius 3 is 2.71 bits per heavy atom. The summed E-state index contributed by atoms with van der Waals surface area (Å²) >= 11 is 0. The van der Waals surface area contributed by atoms with Gasteiger partial charge in [-0.25, -0.2) is 9.37 Å². The van der Waals surface area contributed by atoms with Crippen molar-refractivity contribution in [3.63, 3.8) is 0 Å². The minimum absolute atomic E-state index is 0.201. The fourth-order valence-electron chi connectivity index (χ4n) is 1.69. The van der Waals surface area contributed by atoms with Gasteiger partial charge in [0.15, 0.2) is 0 Å². The zero-order chi connectivity index (χ0) is 12.4. The summed E-state index contributed by atoms with van der Waals surface area (Å²) in [5.74, 6) is -0.243. The number of rotatable bonds is 2. The Bertz CT molecular complexity index is 543. The Morgan fingerprint density at radius 2 is 2.00 bits per heavy atom. The van der Waals surface area contributed by atoms with Gasteiger partial charge < -0.3 is 10.8 Å². The highest BCUT2D eigenvalue weighted by Gasteiger charge is 2.17. The smallest absolute Gasteiger partial charge is 0.129 e. The average molecular weight is 232 g/mol. The second kappa shape index (κ2) is 4.51. The number of pyridine rings is 1. The van der Waals surface area contributed by atoms with Crippen LogP contribution >= 0.6 is 0 Å². The number of nitrogens with two attached hydrogens (primary N) is 1. The molecule has 2 aromatic rings. The molecule has 0 amide bonds. The quantitative estimate of drug-likeness (QED) is 0.834. The second-order valence-electron chi connectivity index (χ2n) is 3.91. The first kappa shape index (κ1) is 11.5. The summed E-state index contributed by atoms with van der Waals surface area (Å²) in [6.07, 6.45) is 0.510. The predicted molar refractivity (Wildman–Crippen MR) is 63.8 cm³/mol. The lowest BCUT2D eigenvalue weighted by Crippen LogP contribution is -2.07. The number of aliphatic hydroxyl groups is 1. The van der Waals surface area contributed by atoms with Crippen molar-refractivity contribution >= 4 is 5.82 Å². The van der Waals surface area contributed by atoms with Gasteiger partial charge in [0, 0.05) is 17.3 Å². The van der Waals surface area contributed by atoms with Gasteiger partial charge in [0.2, 0.25) is 0 Å². The molecule has 0 aliphatic heterocycles. The zero-order valence-electron chi connectivity index (χ0n) is 9.39. The van der Waals surface area contributed by atoms with Crippen LogP contribution in [0, 0.1) is 12.7 Å². The summed E-state index contributed by atoms with van der Waals surface area (Å²) in [5, 5.41) is 10.1. The van der Waals surface area contributed by atoms with Gasteiger partial charge in [-0.15, -0.1) is 0 Å². The van der Waals surface area contributed by atoms with Crippen LogP contribution in [0.4, 0.5) is 10.2 Å². The van der Waals surface area contributed by atoms with Crippen LogP contribution in [-0.4, -0.2) is 10.1 Å². The number of anilines is 1.